The molecule has 0 aliphatic carbocycles. The summed E-state index contributed by atoms with van der Waals surface area (Å²) in [7, 11) is 0. The molecule has 1 heterocycles. The molecule has 0 bridgehead atoms. The molecule has 1 saturated heterocycles. The molecule has 0 aromatic heterocycles. The molecule has 1 atom stereocenters. The standard InChI is InChI=1S/C22H26N2O3/c1-3-24(14-17-11-12-27-15-17)22(26)19-10-9-16(2)20(13-19)23-21(25)18-7-5-4-6-8-18/h4-10,13,17H,3,11-12,14-15H2,1-2H3,(H,23,25)/t17-/m1/s1. The number of hydrogen-bond acceptors (Lipinski definition) is 3. The first-order valence-corrected chi connectivity index (χ1v) is 9.42. The Morgan fingerprint density at radius 2 is 1.93 bits per heavy atom. The van der Waals surface area contributed by atoms with Crippen LogP contribution in [0, 0.1) is 12.8 Å². The summed E-state index contributed by atoms with van der Waals surface area (Å²) in [4.78, 5) is 27.3. The van der Waals surface area contributed by atoms with Crippen LogP contribution in [-0.2, 0) is 4.74 Å². The Balaban J connectivity index is 1.75. The predicted octanol–water partition coefficient (Wildman–Crippen LogP) is 3.75. The van der Waals surface area contributed by atoms with Gasteiger partial charge in [-0.1, -0.05) is 24.3 Å². The minimum atomic E-state index is -0.182. The molecule has 0 radical (unpaired) electrons. The number of hydrogen-bond donors (Lipinski definition) is 1. The first-order chi connectivity index (χ1) is 13.1. The van der Waals surface area contributed by atoms with Crippen LogP contribution in [0.4, 0.5) is 5.69 Å². The molecule has 3 rings (SSSR count). The van der Waals surface area contributed by atoms with E-state index >= 15 is 0 Å². The van der Waals surface area contributed by atoms with Crippen LogP contribution < -0.4 is 5.32 Å². The van der Waals surface area contributed by atoms with Crippen molar-refractivity contribution in [2.24, 2.45) is 5.92 Å². The number of nitrogens with one attached hydrogen (secondary N) is 1. The van der Waals surface area contributed by atoms with E-state index in [0.29, 0.717) is 35.8 Å². The average molecular weight is 366 g/mol. The van der Waals surface area contributed by atoms with E-state index < -0.39 is 0 Å². The van der Waals surface area contributed by atoms with E-state index in [0.717, 1.165) is 25.2 Å². The maximum absolute atomic E-state index is 13.0. The topological polar surface area (TPSA) is 58.6 Å². The Hall–Kier alpha value is -2.66. The zero-order chi connectivity index (χ0) is 19.2. The quantitative estimate of drug-likeness (QED) is 0.847. The monoisotopic (exact) mass is 366 g/mol. The fourth-order valence-electron chi connectivity index (χ4n) is 3.25. The molecule has 0 saturated carbocycles. The molecule has 2 amide bonds. The smallest absolute Gasteiger partial charge is 0.255 e. The van der Waals surface area contributed by atoms with E-state index in [9.17, 15) is 9.59 Å². The molecule has 1 aliphatic heterocycles. The second kappa shape index (κ2) is 8.82. The lowest BCUT2D eigenvalue weighted by atomic mass is 10.1. The van der Waals surface area contributed by atoms with Gasteiger partial charge in [0.1, 0.15) is 0 Å². The number of aryl methyl sites for hydroxylation is 1. The molecule has 27 heavy (non-hydrogen) atoms. The van der Waals surface area contributed by atoms with Gasteiger partial charge in [-0.3, -0.25) is 9.59 Å². The Morgan fingerprint density at radius 3 is 2.59 bits per heavy atom. The minimum absolute atomic E-state index is 0.0142. The molecule has 2 aromatic carbocycles. The number of rotatable bonds is 6. The first-order valence-electron chi connectivity index (χ1n) is 9.42. The van der Waals surface area contributed by atoms with Gasteiger partial charge in [0.2, 0.25) is 0 Å². The summed E-state index contributed by atoms with van der Waals surface area (Å²) in [6.07, 6.45) is 0.996. The van der Waals surface area contributed by atoms with Crippen LogP contribution >= 0.6 is 0 Å². The molecule has 0 unspecified atom stereocenters. The molecule has 5 nitrogen and oxygen atoms in total. The Bertz CT molecular complexity index is 798. The largest absolute Gasteiger partial charge is 0.381 e. The van der Waals surface area contributed by atoms with Crippen molar-refractivity contribution in [1.82, 2.24) is 4.90 Å². The highest BCUT2D eigenvalue weighted by Crippen LogP contribution is 2.21. The van der Waals surface area contributed by atoms with E-state index in [-0.39, 0.29) is 11.8 Å². The van der Waals surface area contributed by atoms with Gasteiger partial charge < -0.3 is 15.0 Å². The lowest BCUT2D eigenvalue weighted by Gasteiger charge is -2.24. The van der Waals surface area contributed by atoms with E-state index in [2.05, 4.69) is 5.32 Å². The molecule has 1 aliphatic rings. The molecule has 1 fully saturated rings. The molecule has 5 heteroatoms. The van der Waals surface area contributed by atoms with Crippen molar-refractivity contribution in [2.45, 2.75) is 20.3 Å². The van der Waals surface area contributed by atoms with Gasteiger partial charge in [-0.2, -0.15) is 0 Å². The van der Waals surface area contributed by atoms with Crippen LogP contribution in [0.2, 0.25) is 0 Å². The van der Waals surface area contributed by atoms with Crippen molar-refractivity contribution < 1.29 is 14.3 Å². The van der Waals surface area contributed by atoms with E-state index in [1.165, 1.54) is 0 Å². The minimum Gasteiger partial charge on any atom is -0.381 e. The second-order valence-corrected chi connectivity index (χ2v) is 6.92. The van der Waals surface area contributed by atoms with Crippen LogP contribution in [0.5, 0.6) is 0 Å². The lowest BCUT2D eigenvalue weighted by molar-refractivity contribution is 0.0730. The van der Waals surface area contributed by atoms with E-state index in [4.69, 9.17) is 4.74 Å². The van der Waals surface area contributed by atoms with Gasteiger partial charge in [-0.15, -0.1) is 0 Å². The average Bonchev–Trinajstić information content (AvgIpc) is 3.21. The summed E-state index contributed by atoms with van der Waals surface area (Å²) in [5, 5.41) is 2.92. The van der Waals surface area contributed by atoms with Gasteiger partial charge in [-0.25, -0.2) is 0 Å². The normalized spacial score (nSPS) is 16.1. The number of anilines is 1. The summed E-state index contributed by atoms with van der Waals surface area (Å²) < 4.78 is 5.42. The van der Waals surface area contributed by atoms with Gasteiger partial charge in [0.15, 0.2) is 0 Å². The number of carbonyl (C=O) groups is 2. The maximum Gasteiger partial charge on any atom is 0.255 e. The number of nitrogens with zero attached hydrogens (tertiary/aromatic N) is 1. The molecule has 1 N–H and O–H groups in total. The fourth-order valence-corrected chi connectivity index (χ4v) is 3.25. The summed E-state index contributed by atoms with van der Waals surface area (Å²) in [5.74, 6) is 0.204. The zero-order valence-electron chi connectivity index (χ0n) is 15.9. The second-order valence-electron chi connectivity index (χ2n) is 6.92. The maximum atomic E-state index is 13.0. The first kappa shape index (κ1) is 19.1. The zero-order valence-corrected chi connectivity index (χ0v) is 15.9. The molecular formula is C22H26N2O3. The number of carbonyl (C=O) groups excluding carboxylic acids is 2. The molecule has 0 spiro atoms. The third-order valence-corrected chi connectivity index (χ3v) is 4.94. The van der Waals surface area contributed by atoms with Crippen LogP contribution in [0.3, 0.4) is 0 Å². The van der Waals surface area contributed by atoms with Crippen LogP contribution in [-0.4, -0.2) is 43.0 Å². The highest BCUT2D eigenvalue weighted by atomic mass is 16.5. The predicted molar refractivity (Wildman–Crippen MR) is 106 cm³/mol. The van der Waals surface area contributed by atoms with Crippen LogP contribution in [0.1, 0.15) is 39.6 Å². The van der Waals surface area contributed by atoms with Crippen molar-refractivity contribution in [3.63, 3.8) is 0 Å². The van der Waals surface area contributed by atoms with Crippen molar-refractivity contribution >= 4 is 17.5 Å². The highest BCUT2D eigenvalue weighted by molar-refractivity contribution is 6.05. The summed E-state index contributed by atoms with van der Waals surface area (Å²) in [6.45, 7) is 6.75. The SMILES string of the molecule is CCN(C[C@H]1CCOC1)C(=O)c1ccc(C)c(NC(=O)c2ccccc2)c1. The number of ether oxygens (including phenoxy) is 1. The van der Waals surface area contributed by atoms with Crippen LogP contribution in [0.25, 0.3) is 0 Å². The third-order valence-electron chi connectivity index (χ3n) is 4.94. The van der Waals surface area contributed by atoms with Crippen LogP contribution in [0.15, 0.2) is 48.5 Å². The molecule has 2 aromatic rings. The van der Waals surface area contributed by atoms with E-state index in [1.807, 2.05) is 49.1 Å². The van der Waals surface area contributed by atoms with E-state index in [1.54, 1.807) is 18.2 Å². The van der Waals surface area contributed by atoms with Gasteiger partial charge in [0.25, 0.3) is 11.8 Å². The van der Waals surface area contributed by atoms with Crippen molar-refractivity contribution in [1.29, 1.82) is 0 Å². The lowest BCUT2D eigenvalue weighted by Crippen LogP contribution is -2.35. The summed E-state index contributed by atoms with van der Waals surface area (Å²) in [6, 6.07) is 14.5. The van der Waals surface area contributed by atoms with Crippen molar-refractivity contribution in [3.05, 3.63) is 65.2 Å². The number of benzene rings is 2. The number of amides is 2. The summed E-state index contributed by atoms with van der Waals surface area (Å²) in [5.41, 5.74) is 2.76. The fraction of sp³-hybridized carbons (Fsp3) is 0.364. The van der Waals surface area contributed by atoms with Crippen molar-refractivity contribution in [2.75, 3.05) is 31.6 Å². The van der Waals surface area contributed by atoms with Gasteiger partial charge in [0, 0.05) is 42.4 Å². The highest BCUT2D eigenvalue weighted by Gasteiger charge is 2.23. The Kier molecular flexibility index (Phi) is 6.24. The summed E-state index contributed by atoms with van der Waals surface area (Å²) >= 11 is 0. The van der Waals surface area contributed by atoms with Gasteiger partial charge >= 0.3 is 0 Å². The van der Waals surface area contributed by atoms with Gasteiger partial charge in [0.05, 0.1) is 6.61 Å². The Morgan fingerprint density at radius 1 is 1.15 bits per heavy atom. The van der Waals surface area contributed by atoms with Crippen molar-refractivity contribution in [3.8, 4) is 0 Å². The molecular weight excluding hydrogens is 340 g/mol. The molecule has 142 valence electrons. The van der Waals surface area contributed by atoms with Gasteiger partial charge in [-0.05, 0) is 50.1 Å². The Labute approximate surface area is 160 Å². The third kappa shape index (κ3) is 4.74.